The number of hydrogen-bond donors (Lipinski definition) is 2. The maximum atomic E-state index is 12.1. The van der Waals surface area contributed by atoms with Gasteiger partial charge in [0, 0.05) is 30.9 Å². The standard InChI is InChI=1S/C12H16N2O3/c1-8-3-5-14(7-10(8)15)12(17)9-2-4-13-11(16)6-9/h2,4,6,8,10,15H,3,5,7H2,1H3,(H,13,16). The van der Waals surface area contributed by atoms with Crippen molar-refractivity contribution in [1.29, 1.82) is 0 Å². The third-order valence-corrected chi connectivity index (χ3v) is 3.23. The zero-order valence-electron chi connectivity index (χ0n) is 9.72. The number of likely N-dealkylation sites (tertiary alicyclic amines) is 1. The highest BCUT2D eigenvalue weighted by Crippen LogP contribution is 2.18. The lowest BCUT2D eigenvalue weighted by Crippen LogP contribution is -2.46. The van der Waals surface area contributed by atoms with Crippen molar-refractivity contribution >= 4 is 5.91 Å². The van der Waals surface area contributed by atoms with Crippen LogP contribution in [0, 0.1) is 5.92 Å². The molecule has 2 unspecified atom stereocenters. The van der Waals surface area contributed by atoms with Crippen LogP contribution in [0.5, 0.6) is 0 Å². The van der Waals surface area contributed by atoms with Gasteiger partial charge >= 0.3 is 0 Å². The van der Waals surface area contributed by atoms with Crippen molar-refractivity contribution in [3.63, 3.8) is 0 Å². The number of nitrogens with one attached hydrogen (secondary N) is 1. The first-order chi connectivity index (χ1) is 8.08. The third-order valence-electron chi connectivity index (χ3n) is 3.23. The molecule has 0 bridgehead atoms. The molecular weight excluding hydrogens is 220 g/mol. The molecule has 0 spiro atoms. The van der Waals surface area contributed by atoms with E-state index in [9.17, 15) is 14.7 Å². The number of carbonyl (C=O) groups is 1. The second-order valence-electron chi connectivity index (χ2n) is 4.53. The normalized spacial score (nSPS) is 24.7. The average molecular weight is 236 g/mol. The maximum Gasteiger partial charge on any atom is 0.254 e. The SMILES string of the molecule is CC1CCN(C(=O)c2cc[nH]c(=O)c2)CC1O. The lowest BCUT2D eigenvalue weighted by Gasteiger charge is -2.34. The Morgan fingerprint density at radius 2 is 2.35 bits per heavy atom. The number of piperidine rings is 1. The molecular formula is C12H16N2O3. The predicted octanol–water partition coefficient (Wildman–Crippen LogP) is 0.218. The Morgan fingerprint density at radius 1 is 1.59 bits per heavy atom. The number of aromatic amines is 1. The molecule has 1 saturated heterocycles. The van der Waals surface area contributed by atoms with Gasteiger partial charge in [-0.15, -0.1) is 0 Å². The van der Waals surface area contributed by atoms with E-state index in [0.717, 1.165) is 6.42 Å². The molecule has 0 saturated carbocycles. The molecule has 2 rings (SSSR count). The Morgan fingerprint density at radius 3 is 3.00 bits per heavy atom. The van der Waals surface area contributed by atoms with Gasteiger partial charge in [0.05, 0.1) is 6.10 Å². The molecule has 1 fully saturated rings. The second-order valence-corrected chi connectivity index (χ2v) is 4.53. The first-order valence-electron chi connectivity index (χ1n) is 5.74. The predicted molar refractivity (Wildman–Crippen MR) is 62.8 cm³/mol. The van der Waals surface area contributed by atoms with Gasteiger partial charge in [-0.05, 0) is 18.4 Å². The van der Waals surface area contributed by atoms with Crippen molar-refractivity contribution in [2.45, 2.75) is 19.4 Å². The second kappa shape index (κ2) is 4.71. The summed E-state index contributed by atoms with van der Waals surface area (Å²) in [5, 5.41) is 9.74. The molecule has 2 atom stereocenters. The molecule has 1 aliphatic rings. The van der Waals surface area contributed by atoms with E-state index in [4.69, 9.17) is 0 Å². The van der Waals surface area contributed by atoms with Gasteiger partial charge in [0.1, 0.15) is 0 Å². The van der Waals surface area contributed by atoms with Crippen LogP contribution in [0.15, 0.2) is 23.1 Å². The van der Waals surface area contributed by atoms with E-state index in [1.165, 1.54) is 12.3 Å². The maximum absolute atomic E-state index is 12.1. The zero-order valence-corrected chi connectivity index (χ0v) is 9.72. The molecule has 0 aliphatic carbocycles. The highest BCUT2D eigenvalue weighted by atomic mass is 16.3. The fraction of sp³-hybridized carbons (Fsp3) is 0.500. The van der Waals surface area contributed by atoms with E-state index >= 15 is 0 Å². The number of carbonyl (C=O) groups excluding carboxylic acids is 1. The van der Waals surface area contributed by atoms with Gasteiger partial charge in [0.15, 0.2) is 0 Å². The van der Waals surface area contributed by atoms with Crippen LogP contribution in [0.2, 0.25) is 0 Å². The summed E-state index contributed by atoms with van der Waals surface area (Å²) in [6, 6.07) is 2.86. The number of pyridine rings is 1. The minimum atomic E-state index is -0.477. The number of aliphatic hydroxyl groups is 1. The van der Waals surface area contributed by atoms with Crippen LogP contribution in [-0.4, -0.2) is 40.1 Å². The Labute approximate surface area is 99.1 Å². The molecule has 92 valence electrons. The van der Waals surface area contributed by atoms with E-state index in [1.54, 1.807) is 11.0 Å². The van der Waals surface area contributed by atoms with Crippen LogP contribution >= 0.6 is 0 Å². The number of hydrogen-bond acceptors (Lipinski definition) is 3. The molecule has 1 aliphatic heterocycles. The first kappa shape index (κ1) is 11.9. The fourth-order valence-corrected chi connectivity index (χ4v) is 1.99. The smallest absolute Gasteiger partial charge is 0.254 e. The molecule has 2 heterocycles. The topological polar surface area (TPSA) is 73.4 Å². The number of β-amino-alcohol motifs (C(OH)–C–C–N with tert-alkyl or cyclic N) is 1. The lowest BCUT2D eigenvalue weighted by atomic mass is 9.95. The van der Waals surface area contributed by atoms with Gasteiger partial charge in [-0.25, -0.2) is 0 Å². The number of H-pyrrole nitrogens is 1. The number of aliphatic hydroxyl groups excluding tert-OH is 1. The molecule has 1 aromatic rings. The molecule has 17 heavy (non-hydrogen) atoms. The van der Waals surface area contributed by atoms with Crippen LogP contribution in [0.25, 0.3) is 0 Å². The van der Waals surface area contributed by atoms with E-state index < -0.39 is 6.10 Å². The zero-order chi connectivity index (χ0) is 12.4. The fourth-order valence-electron chi connectivity index (χ4n) is 1.99. The summed E-state index contributed by atoms with van der Waals surface area (Å²) in [4.78, 5) is 27.3. The highest BCUT2D eigenvalue weighted by Gasteiger charge is 2.27. The van der Waals surface area contributed by atoms with Crippen molar-refractivity contribution in [2.75, 3.05) is 13.1 Å². The van der Waals surface area contributed by atoms with E-state index in [2.05, 4.69) is 4.98 Å². The van der Waals surface area contributed by atoms with Crippen molar-refractivity contribution < 1.29 is 9.90 Å². The number of amides is 1. The summed E-state index contributed by atoms with van der Waals surface area (Å²) in [5.74, 6) is 0.0280. The van der Waals surface area contributed by atoms with Gasteiger partial charge in [0.25, 0.3) is 5.91 Å². The molecule has 1 amide bonds. The highest BCUT2D eigenvalue weighted by molar-refractivity contribution is 5.94. The third kappa shape index (κ3) is 2.55. The van der Waals surface area contributed by atoms with Gasteiger partial charge < -0.3 is 15.0 Å². The summed E-state index contributed by atoms with van der Waals surface area (Å²) in [6.45, 7) is 2.94. The Bertz CT molecular complexity index is 469. The van der Waals surface area contributed by atoms with Crippen LogP contribution in [-0.2, 0) is 0 Å². The molecule has 2 N–H and O–H groups in total. The number of rotatable bonds is 1. The van der Waals surface area contributed by atoms with Crippen molar-refractivity contribution in [3.05, 3.63) is 34.2 Å². The first-order valence-corrected chi connectivity index (χ1v) is 5.74. The number of nitrogens with zero attached hydrogens (tertiary/aromatic N) is 1. The van der Waals surface area contributed by atoms with E-state index in [0.29, 0.717) is 18.7 Å². The number of aromatic nitrogens is 1. The summed E-state index contributed by atoms with van der Waals surface area (Å²) in [5.41, 5.74) is 0.0808. The summed E-state index contributed by atoms with van der Waals surface area (Å²) in [7, 11) is 0. The van der Waals surface area contributed by atoms with E-state index in [1.807, 2.05) is 6.92 Å². The summed E-state index contributed by atoms with van der Waals surface area (Å²) in [6.07, 6.45) is 1.77. The van der Waals surface area contributed by atoms with Gasteiger partial charge in [0.2, 0.25) is 5.56 Å². The molecule has 1 aromatic heterocycles. The summed E-state index contributed by atoms with van der Waals surface area (Å²) < 4.78 is 0. The Hall–Kier alpha value is -1.62. The minimum absolute atomic E-state index is 0.193. The Kier molecular flexibility index (Phi) is 3.28. The molecule has 0 aromatic carbocycles. The van der Waals surface area contributed by atoms with Gasteiger partial charge in [-0.1, -0.05) is 6.92 Å². The average Bonchev–Trinajstić information content (AvgIpc) is 2.32. The monoisotopic (exact) mass is 236 g/mol. The quantitative estimate of drug-likeness (QED) is 0.732. The van der Waals surface area contributed by atoms with Gasteiger partial charge in [-0.3, -0.25) is 9.59 Å². The largest absolute Gasteiger partial charge is 0.391 e. The van der Waals surface area contributed by atoms with Crippen molar-refractivity contribution in [3.8, 4) is 0 Å². The van der Waals surface area contributed by atoms with Crippen molar-refractivity contribution in [2.24, 2.45) is 5.92 Å². The van der Waals surface area contributed by atoms with Crippen LogP contribution in [0.4, 0.5) is 0 Å². The van der Waals surface area contributed by atoms with Crippen LogP contribution in [0.3, 0.4) is 0 Å². The van der Waals surface area contributed by atoms with E-state index in [-0.39, 0.29) is 17.4 Å². The van der Waals surface area contributed by atoms with Crippen LogP contribution < -0.4 is 5.56 Å². The Balaban J connectivity index is 2.13. The summed E-state index contributed by atoms with van der Waals surface area (Å²) >= 11 is 0. The van der Waals surface area contributed by atoms with Crippen LogP contribution in [0.1, 0.15) is 23.7 Å². The molecule has 5 nitrogen and oxygen atoms in total. The van der Waals surface area contributed by atoms with Gasteiger partial charge in [-0.2, -0.15) is 0 Å². The molecule has 0 radical (unpaired) electrons. The lowest BCUT2D eigenvalue weighted by molar-refractivity contribution is 0.0248. The van der Waals surface area contributed by atoms with Crippen molar-refractivity contribution in [1.82, 2.24) is 9.88 Å². The minimum Gasteiger partial charge on any atom is -0.391 e. The molecule has 5 heteroatoms.